The molecular weight excluding hydrogens is 1660 g/mol. The number of anilines is 3. The predicted octanol–water partition coefficient (Wildman–Crippen LogP) is 13.4. The lowest BCUT2D eigenvalue weighted by molar-refractivity contribution is -0.161. The molecule has 3 saturated heterocycles. The number of carbonyl (C=O) groups is 1. The van der Waals surface area contributed by atoms with Gasteiger partial charge in [0, 0.05) is 161 Å². The van der Waals surface area contributed by atoms with Crippen molar-refractivity contribution in [3.8, 4) is 34.2 Å². The van der Waals surface area contributed by atoms with Crippen LogP contribution in [0.25, 0.3) is 67.3 Å². The van der Waals surface area contributed by atoms with Crippen molar-refractivity contribution in [2.45, 2.75) is 82.8 Å². The zero-order chi connectivity index (χ0) is 87.9. The number of pyridine rings is 3. The summed E-state index contributed by atoms with van der Waals surface area (Å²) < 4.78 is 98.2. The number of aliphatic hydroxyl groups excluding tert-OH is 3. The summed E-state index contributed by atoms with van der Waals surface area (Å²) in [5.74, 6) is -10.5. The summed E-state index contributed by atoms with van der Waals surface area (Å²) in [5.41, 5.74) is 5.88. The quantitative estimate of drug-likeness (QED) is 0.0224. The van der Waals surface area contributed by atoms with E-state index in [0.29, 0.717) is 132 Å². The van der Waals surface area contributed by atoms with E-state index >= 15 is 26.3 Å². The number of aliphatic hydroxyl groups is 3. The Morgan fingerprint density at radius 3 is 1.21 bits per heavy atom. The number of likely N-dealkylation sites (N-methyl/N-ethyl adjacent to an activating group) is 2. The Kier molecular flexibility index (Phi) is 28.4. The van der Waals surface area contributed by atoms with Gasteiger partial charge in [0.15, 0.2) is 0 Å². The maximum absolute atomic E-state index is 15.5. The van der Waals surface area contributed by atoms with Gasteiger partial charge in [0.05, 0.1) is 88.2 Å². The van der Waals surface area contributed by atoms with Gasteiger partial charge in [0.2, 0.25) is 0 Å². The summed E-state index contributed by atoms with van der Waals surface area (Å²) in [6.07, 6.45) is 1.76. The van der Waals surface area contributed by atoms with Crippen LogP contribution >= 0.6 is 34.8 Å². The van der Waals surface area contributed by atoms with Crippen molar-refractivity contribution in [2.75, 3.05) is 148 Å². The van der Waals surface area contributed by atoms with E-state index in [4.69, 9.17) is 39.5 Å². The number of nitrogens with one attached hydrogen (secondary N) is 9. The molecule has 12 N–H and O–H groups in total. The number of aryl methyl sites for hydroxylation is 3. The van der Waals surface area contributed by atoms with E-state index in [-0.39, 0.29) is 109 Å². The maximum atomic E-state index is 15.5. The highest BCUT2D eigenvalue weighted by Gasteiger charge is 2.46. The summed E-state index contributed by atoms with van der Waals surface area (Å²) in [5, 5.41) is 42.7. The van der Waals surface area contributed by atoms with Gasteiger partial charge < -0.3 is 80.6 Å². The third kappa shape index (κ3) is 21.3. The van der Waals surface area contributed by atoms with Crippen LogP contribution in [-0.4, -0.2) is 240 Å². The number of alkyl halides is 6. The lowest BCUT2D eigenvalue weighted by atomic mass is 10.0. The van der Waals surface area contributed by atoms with Crippen LogP contribution in [0.1, 0.15) is 82.2 Å². The molecule has 3 aliphatic heterocycles. The van der Waals surface area contributed by atoms with Gasteiger partial charge in [-0.2, -0.15) is 26.3 Å². The normalized spacial score (nSPS) is 16.9. The first kappa shape index (κ1) is 90.3. The molecule has 9 heterocycles. The number of fused-ring (bicyclic) bond motifs is 3. The topological polar surface area (TPSA) is 327 Å². The molecule has 1 amide bonds. The number of ether oxygens (including phenoxy) is 1. The van der Waals surface area contributed by atoms with Gasteiger partial charge in [-0.25, -0.2) is 15.0 Å². The number of halogens is 9. The van der Waals surface area contributed by atoms with E-state index in [1.54, 1.807) is 124 Å². The van der Waals surface area contributed by atoms with Crippen LogP contribution in [-0.2, 0) is 27.3 Å². The van der Waals surface area contributed by atoms with Gasteiger partial charge in [-0.3, -0.25) is 33.9 Å². The zero-order valence-corrected chi connectivity index (χ0v) is 71.3. The molecule has 652 valence electrons. The smallest absolute Gasteiger partial charge is 0.350 e. The van der Waals surface area contributed by atoms with Crippen molar-refractivity contribution in [3.05, 3.63) is 242 Å². The average Bonchev–Trinajstić information content (AvgIpc) is 1.71. The highest BCUT2D eigenvalue weighted by atomic mass is 35.5. The van der Waals surface area contributed by atoms with Gasteiger partial charge in [0.1, 0.15) is 34.2 Å². The molecule has 12 aromatic rings. The van der Waals surface area contributed by atoms with Crippen LogP contribution in [0, 0.1) is 20.8 Å². The third-order valence-corrected chi connectivity index (χ3v) is 23.5. The van der Waals surface area contributed by atoms with Crippen molar-refractivity contribution in [3.63, 3.8) is 0 Å². The van der Waals surface area contributed by atoms with Crippen LogP contribution in [0.4, 0.5) is 43.4 Å². The second-order valence-corrected chi connectivity index (χ2v) is 33.0. The van der Waals surface area contributed by atoms with Gasteiger partial charge in [-0.05, 0) is 173 Å². The molecule has 5 atom stereocenters. The number of nitrogens with zero attached hydrogens (tertiary/aromatic N) is 9. The number of aromatic nitrogens is 9. The number of carbonyl (C=O) groups excluding carboxylic acids is 1. The lowest BCUT2D eigenvalue weighted by Gasteiger charge is -2.39. The number of piperazine rings is 3. The minimum Gasteiger partial charge on any atom is -0.387 e. The van der Waals surface area contributed by atoms with Gasteiger partial charge in [0.25, 0.3) is 34.4 Å². The van der Waals surface area contributed by atoms with E-state index in [9.17, 15) is 34.5 Å². The number of benzene rings is 6. The molecule has 0 spiro atoms. The number of aromatic amines is 6. The van der Waals surface area contributed by atoms with E-state index < -0.39 is 64.2 Å². The van der Waals surface area contributed by atoms with E-state index in [1.807, 2.05) is 37.7 Å². The molecule has 26 nitrogen and oxygen atoms in total. The molecule has 35 heteroatoms. The largest absolute Gasteiger partial charge is 0.387 e. The molecule has 0 radical (unpaired) electrons. The molecule has 6 aromatic heterocycles. The Bertz CT molecular complexity index is 5940. The molecule has 6 aromatic carbocycles. The number of hydrogen-bond donors (Lipinski definition) is 12. The minimum absolute atomic E-state index is 0.0266. The van der Waals surface area contributed by atoms with E-state index in [0.717, 1.165) is 26.2 Å². The van der Waals surface area contributed by atoms with Crippen molar-refractivity contribution in [2.24, 2.45) is 0 Å². The van der Waals surface area contributed by atoms with Crippen LogP contribution < -0.4 is 32.6 Å². The molecular formula is C88H99Cl3F6N18O8. The fourth-order valence-electron chi connectivity index (χ4n) is 15.5. The van der Waals surface area contributed by atoms with Gasteiger partial charge in [-0.1, -0.05) is 71.2 Å². The Balaban J connectivity index is 0.000000159. The first-order valence-corrected chi connectivity index (χ1v) is 41.4. The van der Waals surface area contributed by atoms with Gasteiger partial charge >= 0.3 is 5.92 Å². The second-order valence-electron chi connectivity index (χ2n) is 31.7. The molecule has 0 bridgehead atoms. The number of imidazole rings is 3. The summed E-state index contributed by atoms with van der Waals surface area (Å²) in [4.78, 5) is 93.7. The van der Waals surface area contributed by atoms with Crippen molar-refractivity contribution in [1.29, 1.82) is 0 Å². The Hall–Kier alpha value is -10.5. The maximum Gasteiger partial charge on any atom is 0.350 e. The SMILES string of the molecule is COCCN1CCN(CC(F)(F)c2cc(C)c3nc(-c4c(NC[C@H](O)c5cccc(Cl)c5)cc[nH]c4=O)[nH]c3c2)CC1.Cc1cc(C(F)(F)C(=O)N2CCN(C)C(C)C2)cc2[nH]c(-c3c(NC[C@H](O)c4cccc(Cl)c4)cc[nH]c3=O)nc12.Cc1cc(C(F)(F)CN2CCN(C)C(C)C2)cc2[nH]c(-c3c(NC[C@H](O)c4cccc(Cl)c4)cc[nH]c3=O)nc12. The predicted molar refractivity (Wildman–Crippen MR) is 469 cm³/mol. The minimum atomic E-state index is -3.74. The first-order valence-electron chi connectivity index (χ1n) is 40.3. The van der Waals surface area contributed by atoms with Crippen LogP contribution in [0.15, 0.2) is 160 Å². The van der Waals surface area contributed by atoms with Crippen molar-refractivity contribution in [1.82, 2.24) is 74.3 Å². The van der Waals surface area contributed by atoms with Crippen molar-refractivity contribution >= 4 is 90.9 Å². The van der Waals surface area contributed by atoms with Crippen molar-refractivity contribution < 1.29 is 51.2 Å². The molecule has 0 aliphatic carbocycles. The summed E-state index contributed by atoms with van der Waals surface area (Å²) >= 11 is 18.1. The van der Waals surface area contributed by atoms with Crippen LogP contribution in [0.2, 0.25) is 15.1 Å². The third-order valence-electron chi connectivity index (χ3n) is 22.8. The average molecular weight is 1760 g/mol. The Morgan fingerprint density at radius 2 is 0.837 bits per heavy atom. The lowest BCUT2D eigenvalue weighted by Crippen LogP contribution is -2.55. The molecule has 15 rings (SSSR count). The second kappa shape index (κ2) is 38.8. The molecule has 123 heavy (non-hydrogen) atoms. The molecule has 3 fully saturated rings. The van der Waals surface area contributed by atoms with E-state index in [1.165, 1.54) is 59.9 Å². The molecule has 3 aliphatic rings. The number of hydrogen-bond acceptors (Lipinski definition) is 19. The summed E-state index contributed by atoms with van der Waals surface area (Å²) in [6, 6.07) is 34.0. The number of H-pyrrole nitrogens is 6. The van der Waals surface area contributed by atoms with Crippen LogP contribution in [0.5, 0.6) is 0 Å². The molecule has 2 unspecified atom stereocenters. The summed E-state index contributed by atoms with van der Waals surface area (Å²) in [7, 11) is 5.56. The standard InChI is InChI=1S/C30H35ClF2N6O3.C29H31ClF2N6O3.C29H33ClF2N6O2/c1-19-14-21(30(32,33)18-39-10-8-38(9-11-39)12-13-42-2)16-24-27(19)37-28(36-24)26-23(6-7-34-29(26)41)35-17-25(40)20-4-3-5-22(31)15-20;1-16-11-19(29(31,32)28(41)38-10-9-37(3)17(2)15-38)13-22-25(16)36-26(35-22)24-21(7-8-33-27(24)40)34-14-23(39)18-5-4-6-20(30)12-18;1-17-11-20(29(31,32)16-38-10-9-37(3)18(2)15-38)13-23-26(17)36-27(35-23)25-22(7-8-33-28(25)40)34-14-24(39)19-5-4-6-21(30)12-19/h3-7,14-16,25,40H,8-13,17-18H2,1-2H3,(H,36,37)(H2,34,35,41);4-8,11-13,17,23,39H,9-10,14-15H2,1-3H3,(H,35,36)(H2,33,34,40);4-8,11-13,18,24,39H,9-10,14-16H2,1-3H3,(H,35,36)(H2,33,34,40)/t25-;17?,23-;18?,24-/m000/s1. The van der Waals surface area contributed by atoms with E-state index in [2.05, 4.69) is 70.6 Å². The monoisotopic (exact) mass is 1750 g/mol. The Labute approximate surface area is 720 Å². The molecule has 0 saturated carbocycles. The number of methoxy groups -OCH3 is 1. The van der Waals surface area contributed by atoms with Gasteiger partial charge in [-0.15, -0.1) is 0 Å². The van der Waals surface area contributed by atoms with Crippen LogP contribution in [0.3, 0.4) is 0 Å². The highest BCUT2D eigenvalue weighted by Crippen LogP contribution is 2.40. The summed E-state index contributed by atoms with van der Waals surface area (Å²) in [6.45, 7) is 15.4. The first-order chi connectivity index (χ1) is 58.6. The Morgan fingerprint density at radius 1 is 0.488 bits per heavy atom. The zero-order valence-electron chi connectivity index (χ0n) is 69.1. The number of amides is 1. The fraction of sp³-hybridized carbons (Fsp3) is 0.375. The fourth-order valence-corrected chi connectivity index (χ4v) is 16.1. The number of rotatable bonds is 26. The highest BCUT2D eigenvalue weighted by molar-refractivity contribution is 6.31.